The molecule has 3 heterocycles. The number of rotatable bonds is 2. The Balaban J connectivity index is 2.30. The second-order valence-electron chi connectivity index (χ2n) is 3.22. The monoisotopic (exact) mass is 343 g/mol. The van der Waals surface area contributed by atoms with Gasteiger partial charge < -0.3 is 4.34 Å². The van der Waals surface area contributed by atoms with Crippen LogP contribution in [-0.4, -0.2) is 24.5 Å². The molecule has 0 amide bonds. The summed E-state index contributed by atoms with van der Waals surface area (Å²) in [4.78, 5) is 8.62. The van der Waals surface area contributed by atoms with Crippen molar-refractivity contribution < 1.29 is 0 Å². The van der Waals surface area contributed by atoms with Crippen LogP contribution in [0.4, 0.5) is 0 Å². The van der Waals surface area contributed by atoms with Crippen molar-refractivity contribution in [2.45, 2.75) is 0 Å². The first kappa shape index (κ1) is 10.2. The smallest absolute Gasteiger partial charge is 0.147 e. The minimum absolute atomic E-state index is 0.643. The summed E-state index contributed by atoms with van der Waals surface area (Å²) in [7, 11) is 0. The largest absolute Gasteiger partial charge is 0.304 e. The highest BCUT2D eigenvalue weighted by molar-refractivity contribution is 14.2. The van der Waals surface area contributed by atoms with Gasteiger partial charge in [-0.25, -0.2) is 9.97 Å². The molecular formula is C9H7IN5P. The minimum Gasteiger partial charge on any atom is -0.304 e. The Labute approximate surface area is 106 Å². The summed E-state index contributed by atoms with van der Waals surface area (Å²) in [5.41, 5.74) is 2.88. The molecule has 0 spiro atoms. The van der Waals surface area contributed by atoms with Crippen molar-refractivity contribution in [1.82, 2.24) is 24.5 Å². The van der Waals surface area contributed by atoms with Gasteiger partial charge in [0, 0.05) is 29.7 Å². The molecule has 80 valence electrons. The molecule has 0 fully saturated rings. The maximum Gasteiger partial charge on any atom is 0.147 e. The zero-order valence-corrected chi connectivity index (χ0v) is 11.2. The first-order valence-electron chi connectivity index (χ1n) is 4.58. The van der Waals surface area contributed by atoms with E-state index < -0.39 is 0 Å². The van der Waals surface area contributed by atoms with Crippen molar-refractivity contribution in [3.8, 4) is 11.3 Å². The molecule has 3 aromatic heterocycles. The molecule has 1 N–H and O–H groups in total. The number of hydrogen-bond donors (Lipinski definition) is 1. The molecule has 16 heavy (non-hydrogen) atoms. The maximum atomic E-state index is 4.31. The SMILES string of the molecule is IPn1ccc2c(-c3cn[nH]c3)ncnc21. The molecule has 3 aromatic rings. The third kappa shape index (κ3) is 1.53. The Kier molecular flexibility index (Phi) is 2.61. The highest BCUT2D eigenvalue weighted by atomic mass is 127. The van der Waals surface area contributed by atoms with E-state index in [2.05, 4.69) is 46.5 Å². The zero-order valence-electron chi connectivity index (χ0n) is 8.05. The van der Waals surface area contributed by atoms with E-state index >= 15 is 0 Å². The van der Waals surface area contributed by atoms with Gasteiger partial charge in [0.2, 0.25) is 0 Å². The molecule has 5 nitrogen and oxygen atoms in total. The molecule has 0 aliphatic carbocycles. The van der Waals surface area contributed by atoms with Gasteiger partial charge in [0.1, 0.15) is 12.0 Å². The van der Waals surface area contributed by atoms with Gasteiger partial charge in [-0.1, -0.05) is 0 Å². The predicted molar refractivity (Wildman–Crippen MR) is 72.8 cm³/mol. The standard InChI is InChI=1S/C9H7IN5P/c10-16-15-2-1-7-8(6-3-13-14-4-6)11-5-12-9(7)15/h1-5,16H,(H,13,14). The van der Waals surface area contributed by atoms with E-state index in [4.69, 9.17) is 0 Å². The lowest BCUT2D eigenvalue weighted by Gasteiger charge is -2.00. The van der Waals surface area contributed by atoms with Crippen molar-refractivity contribution in [3.63, 3.8) is 0 Å². The number of nitrogens with zero attached hydrogens (tertiary/aromatic N) is 4. The fourth-order valence-electron chi connectivity index (χ4n) is 1.63. The second-order valence-corrected chi connectivity index (χ2v) is 5.31. The van der Waals surface area contributed by atoms with Crippen molar-refractivity contribution in [2.24, 2.45) is 0 Å². The third-order valence-electron chi connectivity index (χ3n) is 2.34. The lowest BCUT2D eigenvalue weighted by atomic mass is 10.2. The van der Waals surface area contributed by atoms with E-state index in [1.54, 1.807) is 12.5 Å². The van der Waals surface area contributed by atoms with Gasteiger partial charge in [0.05, 0.1) is 11.9 Å². The second kappa shape index (κ2) is 4.10. The van der Waals surface area contributed by atoms with Crippen molar-refractivity contribution in [2.75, 3.05) is 0 Å². The van der Waals surface area contributed by atoms with Crippen molar-refractivity contribution in [3.05, 3.63) is 31.0 Å². The van der Waals surface area contributed by atoms with Crippen LogP contribution in [-0.2, 0) is 0 Å². The Bertz CT molecular complexity index is 618. The summed E-state index contributed by atoms with van der Waals surface area (Å²) in [5.74, 6) is 0. The third-order valence-corrected chi connectivity index (χ3v) is 4.45. The topological polar surface area (TPSA) is 59.4 Å². The predicted octanol–water partition coefficient (Wildman–Crippen LogP) is 2.61. The van der Waals surface area contributed by atoms with Gasteiger partial charge in [-0.3, -0.25) is 5.10 Å². The van der Waals surface area contributed by atoms with Gasteiger partial charge in [-0.2, -0.15) is 5.10 Å². The fourth-order valence-corrected chi connectivity index (χ4v) is 3.19. The van der Waals surface area contributed by atoms with Crippen LogP contribution in [0.5, 0.6) is 0 Å². The van der Waals surface area contributed by atoms with Gasteiger partial charge in [0.15, 0.2) is 0 Å². The molecular weight excluding hydrogens is 336 g/mol. The number of hydrogen-bond acceptors (Lipinski definition) is 3. The lowest BCUT2D eigenvalue weighted by Crippen LogP contribution is -1.88. The summed E-state index contributed by atoms with van der Waals surface area (Å²) in [6.45, 7) is 0. The average Bonchev–Trinajstić information content (AvgIpc) is 2.97. The highest BCUT2D eigenvalue weighted by Gasteiger charge is 2.09. The molecule has 7 heteroatoms. The molecule has 0 radical (unpaired) electrons. The van der Waals surface area contributed by atoms with Gasteiger partial charge in [0.25, 0.3) is 0 Å². The number of halogens is 1. The van der Waals surface area contributed by atoms with Crippen LogP contribution in [0.15, 0.2) is 31.0 Å². The first-order chi connectivity index (χ1) is 7.90. The minimum atomic E-state index is 0.643. The molecule has 0 saturated heterocycles. The van der Waals surface area contributed by atoms with E-state index in [9.17, 15) is 0 Å². The fraction of sp³-hybridized carbons (Fsp3) is 0. The summed E-state index contributed by atoms with van der Waals surface area (Å²) < 4.78 is 2.11. The number of fused-ring (bicyclic) bond motifs is 1. The Morgan fingerprint density at radius 1 is 1.38 bits per heavy atom. The van der Waals surface area contributed by atoms with Crippen LogP contribution in [0, 0.1) is 0 Å². The van der Waals surface area contributed by atoms with Gasteiger partial charge >= 0.3 is 0 Å². The van der Waals surface area contributed by atoms with E-state index in [0.717, 1.165) is 22.3 Å². The van der Waals surface area contributed by atoms with E-state index in [1.807, 2.05) is 18.5 Å². The molecule has 3 rings (SSSR count). The first-order valence-corrected chi connectivity index (χ1v) is 8.64. The van der Waals surface area contributed by atoms with Crippen LogP contribution in [0.3, 0.4) is 0 Å². The summed E-state index contributed by atoms with van der Waals surface area (Å²) in [5, 5.41) is 7.80. The van der Waals surface area contributed by atoms with Crippen LogP contribution < -0.4 is 0 Å². The molecule has 0 saturated carbocycles. The Hall–Kier alpha value is -1.01. The molecule has 1 unspecified atom stereocenters. The van der Waals surface area contributed by atoms with Crippen molar-refractivity contribution >= 4 is 39.4 Å². The summed E-state index contributed by atoms with van der Waals surface area (Å²) >= 11 is 2.34. The lowest BCUT2D eigenvalue weighted by molar-refractivity contribution is 1.09. The van der Waals surface area contributed by atoms with Crippen LogP contribution >= 0.6 is 28.4 Å². The molecule has 1 atom stereocenters. The normalized spacial score (nSPS) is 11.8. The number of aromatic nitrogens is 5. The Morgan fingerprint density at radius 2 is 2.31 bits per heavy atom. The Morgan fingerprint density at radius 3 is 3.06 bits per heavy atom. The molecule has 0 aliphatic heterocycles. The van der Waals surface area contributed by atoms with E-state index in [-0.39, 0.29) is 0 Å². The van der Waals surface area contributed by atoms with E-state index in [0.29, 0.717) is 6.37 Å². The quantitative estimate of drug-likeness (QED) is 0.575. The summed E-state index contributed by atoms with van der Waals surface area (Å²) in [6.07, 6.45) is 7.88. The molecule has 0 bridgehead atoms. The van der Waals surface area contributed by atoms with Gasteiger partial charge in [-0.05, 0) is 28.1 Å². The van der Waals surface area contributed by atoms with Crippen molar-refractivity contribution in [1.29, 1.82) is 0 Å². The highest BCUT2D eigenvalue weighted by Crippen LogP contribution is 2.32. The van der Waals surface area contributed by atoms with E-state index in [1.165, 1.54) is 0 Å². The number of nitrogens with one attached hydrogen (secondary N) is 1. The summed E-state index contributed by atoms with van der Waals surface area (Å²) in [6, 6.07) is 2.04. The van der Waals surface area contributed by atoms with Crippen LogP contribution in [0.1, 0.15) is 0 Å². The molecule has 0 aromatic carbocycles. The number of H-pyrrole nitrogens is 1. The zero-order chi connectivity index (χ0) is 11.0. The van der Waals surface area contributed by atoms with Crippen LogP contribution in [0.25, 0.3) is 22.3 Å². The van der Waals surface area contributed by atoms with Gasteiger partial charge in [-0.15, -0.1) is 0 Å². The maximum absolute atomic E-state index is 4.31. The number of aromatic amines is 1. The molecule has 0 aliphatic rings. The average molecular weight is 343 g/mol. The van der Waals surface area contributed by atoms with Crippen LogP contribution in [0.2, 0.25) is 0 Å².